The van der Waals surface area contributed by atoms with Crippen molar-refractivity contribution in [2.75, 3.05) is 0 Å². The van der Waals surface area contributed by atoms with Gasteiger partial charge in [0.15, 0.2) is 11.6 Å². The lowest BCUT2D eigenvalue weighted by molar-refractivity contribution is -0.119. The molecule has 0 spiro atoms. The molecule has 2 aromatic carbocycles. The highest BCUT2D eigenvalue weighted by Crippen LogP contribution is 2.51. The minimum atomic E-state index is -0.344. The maximum Gasteiger partial charge on any atom is 0.162 e. The van der Waals surface area contributed by atoms with Gasteiger partial charge in [0.1, 0.15) is 0 Å². The van der Waals surface area contributed by atoms with E-state index in [1.165, 1.54) is 0 Å². The van der Waals surface area contributed by atoms with Gasteiger partial charge in [-0.15, -0.1) is 0 Å². The Balaban J connectivity index is 1.71. The number of hydrogen-bond donors (Lipinski definition) is 1. The van der Waals surface area contributed by atoms with Gasteiger partial charge >= 0.3 is 0 Å². The Morgan fingerprint density at radius 2 is 1.33 bits per heavy atom. The number of Topliss-reactive ketones (excluding diaryl/α,β-unsaturated/α-hetero) is 2. The van der Waals surface area contributed by atoms with Crippen LogP contribution in [0.4, 0.5) is 0 Å². The standard InChI is InChI=1S/C29H30ClNO2/c1-28(2)13-21-26(23(32)15-28)25(27-22(31-21)14-29(3,4)16-24(27)33)18-10-11-20(30)19(12-18)17-8-6-5-7-9-17/h5-12,25,31H,13-16H2,1-4H3. The topological polar surface area (TPSA) is 46.2 Å². The Bertz CT molecular complexity index is 1180. The molecule has 0 bridgehead atoms. The second kappa shape index (κ2) is 7.70. The van der Waals surface area contributed by atoms with Crippen LogP contribution in [0, 0.1) is 10.8 Å². The number of allylic oxidation sites excluding steroid dienone is 4. The van der Waals surface area contributed by atoms with Crippen LogP contribution in [0.2, 0.25) is 5.02 Å². The largest absolute Gasteiger partial charge is 0.362 e. The maximum atomic E-state index is 13.5. The molecule has 3 aliphatic rings. The molecule has 5 rings (SSSR count). The van der Waals surface area contributed by atoms with Gasteiger partial charge in [0.25, 0.3) is 0 Å². The highest BCUT2D eigenvalue weighted by atomic mass is 35.5. The summed E-state index contributed by atoms with van der Waals surface area (Å²) in [7, 11) is 0. The number of carbonyl (C=O) groups is 2. The molecule has 33 heavy (non-hydrogen) atoms. The fraction of sp³-hybridized carbons (Fsp3) is 0.379. The fourth-order valence-corrected chi connectivity index (χ4v) is 6.01. The van der Waals surface area contributed by atoms with Crippen molar-refractivity contribution in [2.45, 2.75) is 59.3 Å². The average molecular weight is 460 g/mol. The Labute approximate surface area is 200 Å². The molecule has 0 radical (unpaired) electrons. The van der Waals surface area contributed by atoms with E-state index in [9.17, 15) is 9.59 Å². The van der Waals surface area contributed by atoms with Crippen molar-refractivity contribution in [3.63, 3.8) is 0 Å². The molecule has 0 saturated heterocycles. The van der Waals surface area contributed by atoms with Crippen molar-refractivity contribution < 1.29 is 9.59 Å². The Hall–Kier alpha value is -2.65. The molecular weight excluding hydrogens is 430 g/mol. The van der Waals surface area contributed by atoms with Gasteiger partial charge in [-0.1, -0.05) is 75.7 Å². The number of ketones is 2. The van der Waals surface area contributed by atoms with Crippen molar-refractivity contribution in [1.82, 2.24) is 5.32 Å². The number of carbonyl (C=O) groups excluding carboxylic acids is 2. The zero-order valence-electron chi connectivity index (χ0n) is 19.7. The van der Waals surface area contributed by atoms with Gasteiger partial charge in [-0.05, 0) is 46.9 Å². The first-order valence-corrected chi connectivity index (χ1v) is 12.1. The molecule has 170 valence electrons. The minimum absolute atomic E-state index is 0.102. The zero-order valence-corrected chi connectivity index (χ0v) is 20.5. The highest BCUT2D eigenvalue weighted by Gasteiger charge is 2.46. The van der Waals surface area contributed by atoms with E-state index in [0.717, 1.165) is 52.1 Å². The molecule has 3 nitrogen and oxygen atoms in total. The first-order valence-electron chi connectivity index (χ1n) is 11.7. The van der Waals surface area contributed by atoms with Crippen LogP contribution in [-0.4, -0.2) is 11.6 Å². The molecule has 0 saturated carbocycles. The van der Waals surface area contributed by atoms with E-state index in [1.54, 1.807) is 0 Å². The highest BCUT2D eigenvalue weighted by molar-refractivity contribution is 6.33. The van der Waals surface area contributed by atoms with Crippen LogP contribution in [0.15, 0.2) is 71.1 Å². The zero-order chi connectivity index (χ0) is 23.5. The summed E-state index contributed by atoms with van der Waals surface area (Å²) in [6.45, 7) is 8.56. The summed E-state index contributed by atoms with van der Waals surface area (Å²) < 4.78 is 0. The summed E-state index contributed by atoms with van der Waals surface area (Å²) in [5.74, 6) is -0.0681. The molecule has 0 fully saturated rings. The molecule has 0 unspecified atom stereocenters. The number of rotatable bonds is 2. The SMILES string of the molecule is CC1(C)CC(=O)C2=C(C1)NC1=C(C(=O)CC(C)(C)C1)C2c1ccc(Cl)c(-c2ccccc2)c1. The van der Waals surface area contributed by atoms with E-state index in [1.807, 2.05) is 42.5 Å². The van der Waals surface area contributed by atoms with E-state index in [2.05, 4.69) is 39.1 Å². The smallest absolute Gasteiger partial charge is 0.162 e. The molecule has 4 heteroatoms. The molecule has 1 aliphatic heterocycles. The monoisotopic (exact) mass is 459 g/mol. The van der Waals surface area contributed by atoms with Crippen LogP contribution in [-0.2, 0) is 9.59 Å². The van der Waals surface area contributed by atoms with E-state index >= 15 is 0 Å². The summed E-state index contributed by atoms with van der Waals surface area (Å²) in [5, 5.41) is 4.24. The summed E-state index contributed by atoms with van der Waals surface area (Å²) in [5.41, 5.74) is 6.21. The minimum Gasteiger partial charge on any atom is -0.362 e. The molecule has 1 heterocycles. The quantitative estimate of drug-likeness (QED) is 0.526. The van der Waals surface area contributed by atoms with Crippen molar-refractivity contribution in [3.8, 4) is 11.1 Å². The number of halogens is 1. The van der Waals surface area contributed by atoms with E-state index in [0.29, 0.717) is 17.9 Å². The molecular formula is C29H30ClNO2. The van der Waals surface area contributed by atoms with Crippen LogP contribution in [0.25, 0.3) is 11.1 Å². The molecule has 0 aromatic heterocycles. The van der Waals surface area contributed by atoms with E-state index in [-0.39, 0.29) is 28.3 Å². The average Bonchev–Trinajstić information content (AvgIpc) is 2.71. The van der Waals surface area contributed by atoms with Gasteiger partial charge in [-0.25, -0.2) is 0 Å². The predicted molar refractivity (Wildman–Crippen MR) is 133 cm³/mol. The van der Waals surface area contributed by atoms with Crippen molar-refractivity contribution >= 4 is 23.2 Å². The first kappa shape index (κ1) is 22.2. The van der Waals surface area contributed by atoms with Gasteiger partial charge in [0.05, 0.1) is 0 Å². The lowest BCUT2D eigenvalue weighted by atomic mass is 9.64. The van der Waals surface area contributed by atoms with Crippen LogP contribution >= 0.6 is 11.6 Å². The molecule has 0 amide bonds. The van der Waals surface area contributed by atoms with Crippen LogP contribution in [0.3, 0.4) is 0 Å². The van der Waals surface area contributed by atoms with E-state index < -0.39 is 0 Å². The second-order valence-corrected chi connectivity index (χ2v) is 11.7. The Morgan fingerprint density at radius 1 is 0.788 bits per heavy atom. The lowest BCUT2D eigenvalue weighted by Crippen LogP contribution is -2.42. The van der Waals surface area contributed by atoms with Gasteiger partial charge in [0, 0.05) is 51.9 Å². The van der Waals surface area contributed by atoms with Crippen LogP contribution in [0.5, 0.6) is 0 Å². The number of benzene rings is 2. The Kier molecular flexibility index (Phi) is 5.17. The summed E-state index contributed by atoms with van der Waals surface area (Å²) in [6.07, 6.45) is 2.58. The first-order chi connectivity index (χ1) is 15.5. The normalized spacial score (nSPS) is 22.1. The van der Waals surface area contributed by atoms with Crippen molar-refractivity contribution in [1.29, 1.82) is 0 Å². The summed E-state index contributed by atoms with van der Waals surface area (Å²) in [6, 6.07) is 16.0. The summed E-state index contributed by atoms with van der Waals surface area (Å²) >= 11 is 6.61. The lowest BCUT2D eigenvalue weighted by Gasteiger charge is -2.44. The number of dihydropyridines is 1. The Morgan fingerprint density at radius 3 is 1.88 bits per heavy atom. The van der Waals surface area contributed by atoms with Crippen molar-refractivity contribution in [2.24, 2.45) is 10.8 Å². The van der Waals surface area contributed by atoms with Gasteiger partial charge in [-0.3, -0.25) is 9.59 Å². The fourth-order valence-electron chi connectivity index (χ4n) is 5.78. The van der Waals surface area contributed by atoms with Gasteiger partial charge < -0.3 is 5.32 Å². The number of nitrogens with one attached hydrogen (secondary N) is 1. The third-order valence-electron chi connectivity index (χ3n) is 7.13. The summed E-state index contributed by atoms with van der Waals surface area (Å²) in [4.78, 5) is 27.0. The van der Waals surface area contributed by atoms with Crippen LogP contribution in [0.1, 0.15) is 64.9 Å². The molecule has 1 N–H and O–H groups in total. The van der Waals surface area contributed by atoms with Gasteiger partial charge in [-0.2, -0.15) is 0 Å². The molecule has 0 atom stereocenters. The third kappa shape index (κ3) is 3.97. The maximum absolute atomic E-state index is 13.5. The number of hydrogen-bond acceptors (Lipinski definition) is 3. The van der Waals surface area contributed by atoms with Crippen molar-refractivity contribution in [3.05, 3.63) is 81.7 Å². The van der Waals surface area contributed by atoms with E-state index in [4.69, 9.17) is 11.6 Å². The third-order valence-corrected chi connectivity index (χ3v) is 7.46. The second-order valence-electron chi connectivity index (χ2n) is 11.3. The van der Waals surface area contributed by atoms with Crippen LogP contribution < -0.4 is 5.32 Å². The van der Waals surface area contributed by atoms with Gasteiger partial charge in [0.2, 0.25) is 0 Å². The predicted octanol–water partition coefficient (Wildman–Crippen LogP) is 6.98. The molecule has 2 aromatic rings. The molecule has 2 aliphatic carbocycles.